The van der Waals surface area contributed by atoms with E-state index in [1.807, 2.05) is 6.07 Å². The number of rotatable bonds is 4. The van der Waals surface area contributed by atoms with Gasteiger partial charge in [0.15, 0.2) is 11.5 Å². The second kappa shape index (κ2) is 6.86. The van der Waals surface area contributed by atoms with Crippen molar-refractivity contribution in [3.63, 3.8) is 0 Å². The molecule has 146 valence electrons. The van der Waals surface area contributed by atoms with E-state index < -0.39 is 0 Å². The third-order valence-electron chi connectivity index (χ3n) is 7.06. The van der Waals surface area contributed by atoms with Crippen molar-refractivity contribution < 1.29 is 19.1 Å². The molecule has 1 aromatic carbocycles. The standard InChI is InChI=1S/C22H29NO4/c1-13(24)27-20-11-14-5-6-16-15(17(14)12-19(20)25-3)9-10-22(2)18(16)7-8-21(22)23-26-4/h8,11-12,15-16,18,23H,5-7,9-10H2,1-4H3/t15-,16+,18-,22-/m0/s1. The molecular weight excluding hydrogens is 342 g/mol. The molecule has 0 aromatic heterocycles. The first-order chi connectivity index (χ1) is 13.0. The van der Waals surface area contributed by atoms with E-state index in [1.165, 1.54) is 30.2 Å². The molecule has 0 unspecified atom stereocenters. The monoisotopic (exact) mass is 371 g/mol. The Hall–Kier alpha value is -2.01. The van der Waals surface area contributed by atoms with Gasteiger partial charge < -0.3 is 9.47 Å². The second-order valence-corrected chi connectivity index (χ2v) is 8.33. The number of esters is 1. The molecule has 0 amide bonds. The maximum atomic E-state index is 11.4. The van der Waals surface area contributed by atoms with Gasteiger partial charge in [-0.1, -0.05) is 13.0 Å². The normalized spacial score (nSPS) is 31.3. The first-order valence-corrected chi connectivity index (χ1v) is 9.86. The lowest BCUT2D eigenvalue weighted by Gasteiger charge is -2.50. The minimum atomic E-state index is -0.314. The van der Waals surface area contributed by atoms with Crippen molar-refractivity contribution in [2.24, 2.45) is 17.3 Å². The zero-order chi connectivity index (χ0) is 19.2. The first-order valence-electron chi connectivity index (χ1n) is 9.86. The molecule has 4 rings (SSSR count). The van der Waals surface area contributed by atoms with Gasteiger partial charge in [-0.3, -0.25) is 15.1 Å². The fourth-order valence-corrected chi connectivity index (χ4v) is 5.81. The molecule has 1 saturated carbocycles. The fraction of sp³-hybridized carbons (Fsp3) is 0.591. The lowest BCUT2D eigenvalue weighted by molar-refractivity contribution is -0.132. The van der Waals surface area contributed by atoms with Crippen LogP contribution in [0, 0.1) is 17.3 Å². The van der Waals surface area contributed by atoms with Crippen LogP contribution in [0.1, 0.15) is 56.6 Å². The molecule has 0 bridgehead atoms. The molecular formula is C22H29NO4. The average molecular weight is 371 g/mol. The molecule has 0 radical (unpaired) electrons. The molecule has 3 aliphatic carbocycles. The van der Waals surface area contributed by atoms with E-state index in [-0.39, 0.29) is 11.4 Å². The molecule has 5 heteroatoms. The molecule has 3 aliphatic rings. The van der Waals surface area contributed by atoms with Crippen molar-refractivity contribution in [2.45, 2.75) is 51.9 Å². The van der Waals surface area contributed by atoms with Crippen LogP contribution in [0.4, 0.5) is 0 Å². The van der Waals surface area contributed by atoms with Gasteiger partial charge in [-0.2, -0.15) is 0 Å². The number of hydroxylamine groups is 1. The van der Waals surface area contributed by atoms with E-state index in [4.69, 9.17) is 14.3 Å². The maximum absolute atomic E-state index is 11.4. The Bertz CT molecular complexity index is 787. The number of fused-ring (bicyclic) bond motifs is 5. The predicted octanol–water partition coefficient (Wildman–Crippen LogP) is 4.12. The summed E-state index contributed by atoms with van der Waals surface area (Å²) >= 11 is 0. The number of carbonyl (C=O) groups excluding carboxylic acids is 1. The minimum Gasteiger partial charge on any atom is -0.493 e. The second-order valence-electron chi connectivity index (χ2n) is 8.33. The molecule has 0 saturated heterocycles. The number of aryl methyl sites for hydroxylation is 1. The Morgan fingerprint density at radius 1 is 1.22 bits per heavy atom. The third kappa shape index (κ3) is 2.92. The van der Waals surface area contributed by atoms with Crippen LogP contribution in [0.3, 0.4) is 0 Å². The van der Waals surface area contributed by atoms with Crippen LogP contribution < -0.4 is 15.0 Å². The van der Waals surface area contributed by atoms with Gasteiger partial charge in [0.25, 0.3) is 0 Å². The van der Waals surface area contributed by atoms with Gasteiger partial charge in [-0.05, 0) is 73.1 Å². The Labute approximate surface area is 161 Å². The van der Waals surface area contributed by atoms with Crippen LogP contribution in [-0.2, 0) is 16.1 Å². The zero-order valence-corrected chi connectivity index (χ0v) is 16.6. The zero-order valence-electron chi connectivity index (χ0n) is 16.6. The average Bonchev–Trinajstić information content (AvgIpc) is 2.97. The molecule has 0 aliphatic heterocycles. The fourth-order valence-electron chi connectivity index (χ4n) is 5.81. The van der Waals surface area contributed by atoms with Crippen molar-refractivity contribution in [1.29, 1.82) is 0 Å². The van der Waals surface area contributed by atoms with Crippen LogP contribution in [0.5, 0.6) is 11.5 Å². The van der Waals surface area contributed by atoms with Crippen molar-refractivity contribution in [3.8, 4) is 11.5 Å². The highest BCUT2D eigenvalue weighted by Crippen LogP contribution is 2.61. The Balaban J connectivity index is 1.65. The van der Waals surface area contributed by atoms with Gasteiger partial charge in [-0.15, -0.1) is 0 Å². The van der Waals surface area contributed by atoms with Crippen molar-refractivity contribution in [2.75, 3.05) is 14.2 Å². The number of carbonyl (C=O) groups is 1. The van der Waals surface area contributed by atoms with E-state index >= 15 is 0 Å². The van der Waals surface area contributed by atoms with E-state index in [0.717, 1.165) is 25.7 Å². The first kappa shape index (κ1) is 18.4. The molecule has 1 N–H and O–H groups in total. The molecule has 4 atom stereocenters. The van der Waals surface area contributed by atoms with Crippen LogP contribution in [0.25, 0.3) is 0 Å². The van der Waals surface area contributed by atoms with Crippen LogP contribution in [0.2, 0.25) is 0 Å². The van der Waals surface area contributed by atoms with Crippen molar-refractivity contribution in [1.82, 2.24) is 5.48 Å². The summed E-state index contributed by atoms with van der Waals surface area (Å²) < 4.78 is 10.9. The molecule has 1 aromatic rings. The van der Waals surface area contributed by atoms with Crippen molar-refractivity contribution >= 4 is 5.97 Å². The summed E-state index contributed by atoms with van der Waals surface area (Å²) in [5.74, 6) is 2.73. The number of nitrogens with one attached hydrogen (secondary N) is 1. The van der Waals surface area contributed by atoms with E-state index in [2.05, 4.69) is 24.5 Å². The molecule has 0 spiro atoms. The summed E-state index contributed by atoms with van der Waals surface area (Å²) in [4.78, 5) is 16.7. The van der Waals surface area contributed by atoms with E-state index in [1.54, 1.807) is 14.2 Å². The van der Waals surface area contributed by atoms with Gasteiger partial charge in [0.05, 0.1) is 14.2 Å². The number of hydrogen-bond donors (Lipinski definition) is 1. The Morgan fingerprint density at radius 2 is 2.04 bits per heavy atom. The predicted molar refractivity (Wildman–Crippen MR) is 103 cm³/mol. The summed E-state index contributed by atoms with van der Waals surface area (Å²) in [5.41, 5.74) is 7.25. The number of benzene rings is 1. The number of ether oxygens (including phenoxy) is 2. The van der Waals surface area contributed by atoms with Crippen LogP contribution in [-0.4, -0.2) is 20.2 Å². The smallest absolute Gasteiger partial charge is 0.308 e. The van der Waals surface area contributed by atoms with Crippen molar-refractivity contribution in [3.05, 3.63) is 35.0 Å². The highest BCUT2D eigenvalue weighted by Gasteiger charge is 2.52. The quantitative estimate of drug-likeness (QED) is 0.490. The Morgan fingerprint density at radius 3 is 2.74 bits per heavy atom. The highest BCUT2D eigenvalue weighted by atomic mass is 16.6. The van der Waals surface area contributed by atoms with Gasteiger partial charge in [0, 0.05) is 18.0 Å². The van der Waals surface area contributed by atoms with Gasteiger partial charge in [0.2, 0.25) is 0 Å². The largest absolute Gasteiger partial charge is 0.493 e. The SMILES string of the molecule is CONC1=CC[C@H]2[C@@H]3CCc4cc(OC(C)=O)c(OC)cc4[C@H]3CC[C@]12C. The van der Waals surface area contributed by atoms with Gasteiger partial charge in [0.1, 0.15) is 0 Å². The van der Waals surface area contributed by atoms with Gasteiger partial charge in [-0.25, -0.2) is 0 Å². The summed E-state index contributed by atoms with van der Waals surface area (Å²) in [6, 6.07) is 4.13. The number of hydrogen-bond acceptors (Lipinski definition) is 5. The summed E-state index contributed by atoms with van der Waals surface area (Å²) in [6.07, 6.45) is 7.95. The summed E-state index contributed by atoms with van der Waals surface area (Å²) in [5, 5.41) is 0. The topological polar surface area (TPSA) is 56.8 Å². The summed E-state index contributed by atoms with van der Waals surface area (Å²) in [6.45, 7) is 3.81. The molecule has 1 fully saturated rings. The van der Waals surface area contributed by atoms with E-state index in [0.29, 0.717) is 29.3 Å². The number of methoxy groups -OCH3 is 1. The highest BCUT2D eigenvalue weighted by molar-refractivity contribution is 5.71. The molecule has 27 heavy (non-hydrogen) atoms. The minimum absolute atomic E-state index is 0.177. The third-order valence-corrected chi connectivity index (χ3v) is 7.06. The molecule has 5 nitrogen and oxygen atoms in total. The maximum Gasteiger partial charge on any atom is 0.308 e. The van der Waals surface area contributed by atoms with E-state index in [9.17, 15) is 4.79 Å². The number of allylic oxidation sites excluding steroid dienone is 2. The molecule has 0 heterocycles. The van der Waals surface area contributed by atoms with Crippen LogP contribution in [0.15, 0.2) is 23.9 Å². The Kier molecular flexibility index (Phi) is 4.66. The lowest BCUT2D eigenvalue weighted by atomic mass is 9.55. The lowest BCUT2D eigenvalue weighted by Crippen LogP contribution is -2.43. The van der Waals surface area contributed by atoms with Gasteiger partial charge >= 0.3 is 5.97 Å². The summed E-state index contributed by atoms with van der Waals surface area (Å²) in [7, 11) is 3.32. The van der Waals surface area contributed by atoms with Crippen LogP contribution >= 0.6 is 0 Å².